The molecule has 0 N–H and O–H groups in total. The van der Waals surface area contributed by atoms with Gasteiger partial charge in [0.1, 0.15) is 6.54 Å². The molecule has 0 fully saturated rings. The normalized spacial score (nSPS) is 11.1. The molecule has 0 saturated carbocycles. The van der Waals surface area contributed by atoms with Crippen LogP contribution in [0.4, 0.5) is 0 Å². The van der Waals surface area contributed by atoms with Gasteiger partial charge < -0.3 is 9.64 Å². The number of ether oxygens (including phenoxy) is 1. The van der Waals surface area contributed by atoms with E-state index in [1.807, 2.05) is 27.7 Å². The van der Waals surface area contributed by atoms with Gasteiger partial charge in [-0.15, -0.1) is 0 Å². The van der Waals surface area contributed by atoms with Crippen LogP contribution in [-0.4, -0.2) is 36.5 Å². The van der Waals surface area contributed by atoms with E-state index >= 15 is 0 Å². The number of hydrogen-bond donors (Lipinski definition) is 0. The summed E-state index contributed by atoms with van der Waals surface area (Å²) in [5, 5.41) is 0. The summed E-state index contributed by atoms with van der Waals surface area (Å²) >= 11 is 0. The summed E-state index contributed by atoms with van der Waals surface area (Å²) in [7, 11) is 0. The molecule has 100 valence electrons. The quantitative estimate of drug-likeness (QED) is 0.672. The van der Waals surface area contributed by atoms with Gasteiger partial charge in [0.15, 0.2) is 0 Å². The summed E-state index contributed by atoms with van der Waals surface area (Å²) in [5.41, 5.74) is -0.0578. The Bertz CT molecular complexity index is 256. The van der Waals surface area contributed by atoms with Gasteiger partial charge in [0.2, 0.25) is 5.91 Å². The van der Waals surface area contributed by atoms with Crippen LogP contribution in [0.3, 0.4) is 0 Å². The first kappa shape index (κ1) is 15.9. The minimum absolute atomic E-state index is 0.0207. The van der Waals surface area contributed by atoms with Crippen molar-refractivity contribution in [3.05, 3.63) is 0 Å². The van der Waals surface area contributed by atoms with E-state index in [2.05, 4.69) is 0 Å². The van der Waals surface area contributed by atoms with Crippen LogP contribution in [-0.2, 0) is 14.3 Å². The summed E-state index contributed by atoms with van der Waals surface area (Å²) in [6.45, 7) is 10.8. The standard InChI is InChI=1S/C13H25NO3/c1-6-8-14(10-12(16)17-7-2)11(15)9-13(3,4)5/h6-10H2,1-5H3. The molecule has 4 nitrogen and oxygen atoms in total. The fourth-order valence-electron chi connectivity index (χ4n) is 1.49. The van der Waals surface area contributed by atoms with Crippen molar-refractivity contribution in [2.45, 2.75) is 47.5 Å². The summed E-state index contributed by atoms with van der Waals surface area (Å²) in [4.78, 5) is 25.0. The van der Waals surface area contributed by atoms with Crippen LogP contribution < -0.4 is 0 Å². The molecule has 0 spiro atoms. The largest absolute Gasteiger partial charge is 0.465 e. The van der Waals surface area contributed by atoms with Gasteiger partial charge in [0.25, 0.3) is 0 Å². The average molecular weight is 243 g/mol. The van der Waals surface area contributed by atoms with Gasteiger partial charge >= 0.3 is 5.97 Å². The lowest BCUT2D eigenvalue weighted by molar-refractivity contribution is -0.149. The molecule has 4 heteroatoms. The molecule has 0 unspecified atom stereocenters. The van der Waals surface area contributed by atoms with Crippen LogP contribution in [0.15, 0.2) is 0 Å². The Morgan fingerprint density at radius 1 is 1.18 bits per heavy atom. The Morgan fingerprint density at radius 3 is 2.18 bits per heavy atom. The molecular formula is C13H25NO3. The SMILES string of the molecule is CCCN(CC(=O)OCC)C(=O)CC(C)(C)C. The van der Waals surface area contributed by atoms with Crippen molar-refractivity contribution in [2.24, 2.45) is 5.41 Å². The summed E-state index contributed by atoms with van der Waals surface area (Å²) in [6, 6.07) is 0. The van der Waals surface area contributed by atoms with E-state index in [-0.39, 0.29) is 23.8 Å². The zero-order valence-corrected chi connectivity index (χ0v) is 11.7. The highest BCUT2D eigenvalue weighted by Gasteiger charge is 2.22. The molecule has 0 aliphatic heterocycles. The predicted molar refractivity (Wildman–Crippen MR) is 67.6 cm³/mol. The third kappa shape index (κ3) is 7.77. The van der Waals surface area contributed by atoms with Gasteiger partial charge in [0, 0.05) is 13.0 Å². The van der Waals surface area contributed by atoms with Crippen LogP contribution in [0.5, 0.6) is 0 Å². The molecule has 0 aromatic rings. The second kappa shape index (κ2) is 7.30. The van der Waals surface area contributed by atoms with E-state index in [9.17, 15) is 9.59 Å². The molecule has 1 amide bonds. The molecule has 0 rings (SSSR count). The second-order valence-corrected chi connectivity index (χ2v) is 5.36. The maximum atomic E-state index is 12.0. The number of rotatable bonds is 6. The Hall–Kier alpha value is -1.06. The number of carbonyl (C=O) groups excluding carboxylic acids is 2. The second-order valence-electron chi connectivity index (χ2n) is 5.36. The van der Waals surface area contributed by atoms with Crippen molar-refractivity contribution in [1.29, 1.82) is 0 Å². The molecule has 0 aliphatic carbocycles. The van der Waals surface area contributed by atoms with Crippen molar-refractivity contribution in [2.75, 3.05) is 19.7 Å². The van der Waals surface area contributed by atoms with Gasteiger partial charge in [-0.25, -0.2) is 0 Å². The zero-order valence-electron chi connectivity index (χ0n) is 11.7. The fraction of sp³-hybridized carbons (Fsp3) is 0.846. The molecular weight excluding hydrogens is 218 g/mol. The third-order valence-electron chi connectivity index (χ3n) is 2.15. The van der Waals surface area contributed by atoms with E-state index in [0.29, 0.717) is 19.6 Å². The lowest BCUT2D eigenvalue weighted by Crippen LogP contribution is -2.38. The summed E-state index contributed by atoms with van der Waals surface area (Å²) in [5.74, 6) is -0.310. The van der Waals surface area contributed by atoms with Crippen molar-refractivity contribution >= 4 is 11.9 Å². The van der Waals surface area contributed by atoms with E-state index in [4.69, 9.17) is 4.74 Å². The summed E-state index contributed by atoms with van der Waals surface area (Å²) < 4.78 is 4.87. The van der Waals surface area contributed by atoms with Crippen LogP contribution in [0.25, 0.3) is 0 Å². The number of carbonyl (C=O) groups is 2. The first-order valence-electron chi connectivity index (χ1n) is 6.23. The van der Waals surface area contributed by atoms with Crippen LogP contribution in [0.2, 0.25) is 0 Å². The minimum atomic E-state index is -0.330. The monoisotopic (exact) mass is 243 g/mol. The van der Waals surface area contributed by atoms with Crippen molar-refractivity contribution in [3.63, 3.8) is 0 Å². The van der Waals surface area contributed by atoms with E-state index in [1.54, 1.807) is 11.8 Å². The highest BCUT2D eigenvalue weighted by Crippen LogP contribution is 2.19. The molecule has 0 radical (unpaired) electrons. The predicted octanol–water partition coefficient (Wildman–Crippen LogP) is 2.22. The Kier molecular flexibility index (Phi) is 6.85. The fourth-order valence-corrected chi connectivity index (χ4v) is 1.49. The first-order valence-corrected chi connectivity index (χ1v) is 6.23. The van der Waals surface area contributed by atoms with Gasteiger partial charge in [-0.3, -0.25) is 9.59 Å². The molecule has 0 heterocycles. The first-order chi connectivity index (χ1) is 7.80. The summed E-state index contributed by atoms with van der Waals surface area (Å²) in [6.07, 6.45) is 1.29. The van der Waals surface area contributed by atoms with Gasteiger partial charge in [-0.05, 0) is 18.8 Å². The van der Waals surface area contributed by atoms with Gasteiger partial charge in [-0.1, -0.05) is 27.7 Å². The van der Waals surface area contributed by atoms with E-state index < -0.39 is 0 Å². The van der Waals surface area contributed by atoms with Crippen LogP contribution in [0.1, 0.15) is 47.5 Å². The number of amides is 1. The highest BCUT2D eigenvalue weighted by atomic mass is 16.5. The third-order valence-corrected chi connectivity index (χ3v) is 2.15. The Labute approximate surface area is 104 Å². The highest BCUT2D eigenvalue weighted by molar-refractivity contribution is 5.82. The van der Waals surface area contributed by atoms with Crippen molar-refractivity contribution < 1.29 is 14.3 Å². The Morgan fingerprint density at radius 2 is 1.76 bits per heavy atom. The average Bonchev–Trinajstić information content (AvgIpc) is 2.14. The number of hydrogen-bond acceptors (Lipinski definition) is 3. The minimum Gasteiger partial charge on any atom is -0.465 e. The molecule has 17 heavy (non-hydrogen) atoms. The lowest BCUT2D eigenvalue weighted by atomic mass is 9.91. The topological polar surface area (TPSA) is 46.6 Å². The van der Waals surface area contributed by atoms with Crippen molar-refractivity contribution in [1.82, 2.24) is 4.90 Å². The van der Waals surface area contributed by atoms with E-state index in [0.717, 1.165) is 6.42 Å². The van der Waals surface area contributed by atoms with Crippen LogP contribution in [0, 0.1) is 5.41 Å². The van der Waals surface area contributed by atoms with Gasteiger partial charge in [0.05, 0.1) is 6.61 Å². The maximum Gasteiger partial charge on any atom is 0.325 e. The van der Waals surface area contributed by atoms with Crippen molar-refractivity contribution in [3.8, 4) is 0 Å². The zero-order chi connectivity index (χ0) is 13.5. The molecule has 0 atom stereocenters. The molecule has 0 aromatic carbocycles. The maximum absolute atomic E-state index is 12.0. The van der Waals surface area contributed by atoms with E-state index in [1.165, 1.54) is 0 Å². The van der Waals surface area contributed by atoms with Crippen LogP contribution >= 0.6 is 0 Å². The van der Waals surface area contributed by atoms with Gasteiger partial charge in [-0.2, -0.15) is 0 Å². The smallest absolute Gasteiger partial charge is 0.325 e. The number of nitrogens with zero attached hydrogens (tertiary/aromatic N) is 1. The Balaban J connectivity index is 4.40. The molecule has 0 aromatic heterocycles. The lowest BCUT2D eigenvalue weighted by Gasteiger charge is -2.25. The number of esters is 1. The molecule has 0 bridgehead atoms. The molecule has 0 aliphatic rings. The molecule has 0 saturated heterocycles.